The van der Waals surface area contributed by atoms with Crippen LogP contribution in [0.2, 0.25) is 5.02 Å². The molecule has 0 aromatic heterocycles. The molecule has 0 heterocycles. The monoisotopic (exact) mass is 293 g/mol. The summed E-state index contributed by atoms with van der Waals surface area (Å²) in [6.07, 6.45) is 0. The minimum Gasteiger partial charge on any atom is -0.488 e. The molecule has 0 fully saturated rings. The fourth-order valence-corrected chi connectivity index (χ4v) is 1.97. The van der Waals surface area contributed by atoms with E-state index in [1.54, 1.807) is 18.2 Å². The van der Waals surface area contributed by atoms with Crippen LogP contribution in [-0.4, -0.2) is 5.91 Å². The lowest BCUT2D eigenvalue weighted by Gasteiger charge is -2.11. The van der Waals surface area contributed by atoms with Gasteiger partial charge in [-0.3, -0.25) is 4.79 Å². The molecule has 3 nitrogen and oxygen atoms in total. The van der Waals surface area contributed by atoms with Gasteiger partial charge in [0, 0.05) is 5.56 Å². The molecular weight excluding hydrogens is 281 g/mol. The van der Waals surface area contributed by atoms with Crippen LogP contribution in [0.15, 0.2) is 36.4 Å². The molecule has 0 aliphatic carbocycles. The first-order chi connectivity index (χ1) is 9.47. The molecule has 0 aliphatic heterocycles. The second-order valence-corrected chi connectivity index (χ2v) is 4.80. The molecule has 0 bridgehead atoms. The maximum absolute atomic E-state index is 12.9. The lowest BCUT2D eigenvalue weighted by atomic mass is 10.1. The zero-order chi connectivity index (χ0) is 14.7. The summed E-state index contributed by atoms with van der Waals surface area (Å²) in [5, 5.41) is 0.276. The first-order valence-electron chi connectivity index (χ1n) is 5.94. The number of carbonyl (C=O) groups is 1. The molecule has 0 saturated carbocycles. The largest absolute Gasteiger partial charge is 0.488 e. The van der Waals surface area contributed by atoms with E-state index in [-0.39, 0.29) is 11.6 Å². The Morgan fingerprint density at radius 1 is 1.30 bits per heavy atom. The van der Waals surface area contributed by atoms with Gasteiger partial charge < -0.3 is 10.5 Å². The van der Waals surface area contributed by atoms with E-state index in [1.807, 2.05) is 6.92 Å². The average molecular weight is 294 g/mol. The highest BCUT2D eigenvalue weighted by molar-refractivity contribution is 6.31. The molecule has 5 heteroatoms. The number of halogens is 2. The number of hydrogen-bond donors (Lipinski definition) is 1. The summed E-state index contributed by atoms with van der Waals surface area (Å²) in [6.45, 7) is 2.01. The highest BCUT2D eigenvalue weighted by atomic mass is 35.5. The molecule has 0 saturated heterocycles. The van der Waals surface area contributed by atoms with Gasteiger partial charge in [0.1, 0.15) is 18.2 Å². The Hall–Kier alpha value is -2.07. The number of aryl methyl sites for hydroxylation is 1. The zero-order valence-corrected chi connectivity index (χ0v) is 11.6. The molecular formula is C15H13ClFNO2. The van der Waals surface area contributed by atoms with Crippen molar-refractivity contribution in [2.24, 2.45) is 5.73 Å². The predicted molar refractivity (Wildman–Crippen MR) is 75.4 cm³/mol. The van der Waals surface area contributed by atoms with Crippen LogP contribution >= 0.6 is 11.6 Å². The van der Waals surface area contributed by atoms with Crippen LogP contribution in [0.5, 0.6) is 5.75 Å². The number of ether oxygens (including phenoxy) is 1. The molecule has 0 aliphatic rings. The van der Waals surface area contributed by atoms with Gasteiger partial charge in [-0.15, -0.1) is 0 Å². The van der Waals surface area contributed by atoms with Crippen molar-refractivity contribution in [1.82, 2.24) is 0 Å². The maximum atomic E-state index is 12.9. The second kappa shape index (κ2) is 5.92. The third kappa shape index (κ3) is 3.27. The van der Waals surface area contributed by atoms with Gasteiger partial charge in [-0.05, 0) is 36.8 Å². The molecule has 0 spiro atoms. The molecule has 0 atom stereocenters. The molecule has 0 unspecified atom stereocenters. The second-order valence-electron chi connectivity index (χ2n) is 4.39. The molecule has 104 valence electrons. The number of carbonyl (C=O) groups excluding carboxylic acids is 1. The van der Waals surface area contributed by atoms with E-state index in [1.165, 1.54) is 18.2 Å². The Kier molecular flexibility index (Phi) is 4.25. The van der Waals surface area contributed by atoms with Crippen LogP contribution in [0.1, 0.15) is 21.5 Å². The third-order valence-corrected chi connectivity index (χ3v) is 3.15. The minimum absolute atomic E-state index is 0.128. The number of hydrogen-bond acceptors (Lipinski definition) is 2. The number of primary amides is 1. The molecule has 2 N–H and O–H groups in total. The number of nitrogens with two attached hydrogens (primary N) is 1. The van der Waals surface area contributed by atoms with Crippen molar-refractivity contribution >= 4 is 17.5 Å². The van der Waals surface area contributed by atoms with Gasteiger partial charge >= 0.3 is 0 Å². The van der Waals surface area contributed by atoms with Gasteiger partial charge in [0.15, 0.2) is 0 Å². The van der Waals surface area contributed by atoms with E-state index in [0.29, 0.717) is 16.9 Å². The van der Waals surface area contributed by atoms with Gasteiger partial charge in [-0.1, -0.05) is 23.7 Å². The maximum Gasteiger partial charge on any atom is 0.252 e. The molecule has 2 aromatic rings. The first-order valence-corrected chi connectivity index (χ1v) is 6.32. The molecule has 1 amide bonds. The van der Waals surface area contributed by atoms with Crippen molar-refractivity contribution in [1.29, 1.82) is 0 Å². The lowest BCUT2D eigenvalue weighted by molar-refractivity contribution is 0.0996. The summed E-state index contributed by atoms with van der Waals surface area (Å²) in [4.78, 5) is 11.3. The number of rotatable bonds is 4. The lowest BCUT2D eigenvalue weighted by Crippen LogP contribution is -2.13. The van der Waals surface area contributed by atoms with E-state index < -0.39 is 11.7 Å². The van der Waals surface area contributed by atoms with Crippen LogP contribution in [0.4, 0.5) is 4.39 Å². The predicted octanol–water partition coefficient (Wildman–Crippen LogP) is 3.47. The summed E-state index contributed by atoms with van der Waals surface area (Å²) in [6, 6.07) is 9.16. The molecule has 20 heavy (non-hydrogen) atoms. The smallest absolute Gasteiger partial charge is 0.252 e. The van der Waals surface area contributed by atoms with Gasteiger partial charge in [0.05, 0.1) is 10.6 Å². The summed E-state index contributed by atoms with van der Waals surface area (Å²) in [5.74, 6) is -0.588. The van der Waals surface area contributed by atoms with Crippen molar-refractivity contribution < 1.29 is 13.9 Å². The van der Waals surface area contributed by atoms with E-state index in [0.717, 1.165) is 5.56 Å². The van der Waals surface area contributed by atoms with Crippen LogP contribution in [-0.2, 0) is 6.61 Å². The summed E-state index contributed by atoms with van der Waals surface area (Å²) >= 11 is 5.92. The summed E-state index contributed by atoms with van der Waals surface area (Å²) < 4.78 is 18.5. The SMILES string of the molecule is Cc1ccc(C(N)=O)c(OCc2ccc(F)cc2Cl)c1. The molecule has 2 aromatic carbocycles. The minimum atomic E-state index is -0.565. The Labute approximate surface area is 121 Å². The van der Waals surface area contributed by atoms with Crippen molar-refractivity contribution in [3.05, 3.63) is 63.9 Å². The van der Waals surface area contributed by atoms with Crippen LogP contribution in [0.25, 0.3) is 0 Å². The van der Waals surface area contributed by atoms with Gasteiger partial charge in [0.25, 0.3) is 5.91 Å². The normalized spacial score (nSPS) is 10.3. The summed E-state index contributed by atoms with van der Waals surface area (Å²) in [5.41, 5.74) is 7.16. The fraction of sp³-hybridized carbons (Fsp3) is 0.133. The number of amides is 1. The van der Waals surface area contributed by atoms with Crippen LogP contribution in [0, 0.1) is 12.7 Å². The molecule has 0 radical (unpaired) electrons. The highest BCUT2D eigenvalue weighted by Crippen LogP contribution is 2.23. The number of benzene rings is 2. The van der Waals surface area contributed by atoms with E-state index in [4.69, 9.17) is 22.1 Å². The quantitative estimate of drug-likeness (QED) is 0.938. The Bertz CT molecular complexity index is 658. The van der Waals surface area contributed by atoms with Crippen LogP contribution < -0.4 is 10.5 Å². The van der Waals surface area contributed by atoms with E-state index in [9.17, 15) is 9.18 Å². The van der Waals surface area contributed by atoms with Crippen molar-refractivity contribution in [3.63, 3.8) is 0 Å². The highest BCUT2D eigenvalue weighted by Gasteiger charge is 2.10. The van der Waals surface area contributed by atoms with Crippen molar-refractivity contribution in [2.45, 2.75) is 13.5 Å². The summed E-state index contributed by atoms with van der Waals surface area (Å²) in [7, 11) is 0. The van der Waals surface area contributed by atoms with Gasteiger partial charge in [0.2, 0.25) is 0 Å². The Morgan fingerprint density at radius 3 is 2.70 bits per heavy atom. The Morgan fingerprint density at radius 2 is 2.05 bits per heavy atom. The zero-order valence-electron chi connectivity index (χ0n) is 10.8. The molecule has 2 rings (SSSR count). The van der Waals surface area contributed by atoms with Crippen LogP contribution in [0.3, 0.4) is 0 Å². The van der Waals surface area contributed by atoms with Crippen molar-refractivity contribution in [2.75, 3.05) is 0 Å². The van der Waals surface area contributed by atoms with E-state index >= 15 is 0 Å². The average Bonchev–Trinajstić information content (AvgIpc) is 2.37. The first kappa shape index (κ1) is 14.3. The Balaban J connectivity index is 2.22. The van der Waals surface area contributed by atoms with E-state index in [2.05, 4.69) is 0 Å². The standard InChI is InChI=1S/C15H13ClFNO2/c1-9-2-5-12(15(18)19)14(6-9)20-8-10-3-4-11(17)7-13(10)16/h2-7H,8H2,1H3,(H2,18,19). The van der Waals surface area contributed by atoms with Crippen molar-refractivity contribution in [3.8, 4) is 5.75 Å². The van der Waals surface area contributed by atoms with Gasteiger partial charge in [-0.2, -0.15) is 0 Å². The van der Waals surface area contributed by atoms with Gasteiger partial charge in [-0.25, -0.2) is 4.39 Å². The topological polar surface area (TPSA) is 52.3 Å². The third-order valence-electron chi connectivity index (χ3n) is 2.80. The fourth-order valence-electron chi connectivity index (χ4n) is 1.75.